The van der Waals surface area contributed by atoms with Crippen molar-refractivity contribution in [2.45, 2.75) is 49.5 Å². The number of aromatic nitrogens is 1. The first-order valence-corrected chi connectivity index (χ1v) is 8.41. The average Bonchev–Trinajstić information content (AvgIpc) is 2.87. The lowest BCUT2D eigenvalue weighted by atomic mass is 9.67. The van der Waals surface area contributed by atoms with E-state index in [-0.39, 0.29) is 0 Å². The molecule has 0 bridgehead atoms. The standard InChI is InChI=1S/C19H21NS/c21-18-6-5-17(13-20-18)14-7-9-19(10-8-14)11-15-3-1-2-4-16(15)12-19/h1-6,13-14H,7-12H2,(H,20,21). The summed E-state index contributed by atoms with van der Waals surface area (Å²) in [6.07, 6.45) is 9.94. The molecule has 0 unspecified atom stereocenters. The van der Waals surface area contributed by atoms with Crippen LogP contribution in [0.25, 0.3) is 0 Å². The predicted octanol–water partition coefficient (Wildman–Crippen LogP) is 4.81. The van der Waals surface area contributed by atoms with Crippen LogP contribution in [0, 0.1) is 5.41 Å². The Hall–Kier alpha value is -1.28. The second kappa shape index (κ2) is 5.17. The van der Waals surface area contributed by atoms with Gasteiger partial charge in [-0.1, -0.05) is 30.3 Å². The summed E-state index contributed by atoms with van der Waals surface area (Å²) in [5.74, 6) is 0.695. The highest BCUT2D eigenvalue weighted by Gasteiger charge is 2.40. The molecule has 1 fully saturated rings. The van der Waals surface area contributed by atoms with E-state index in [2.05, 4.69) is 47.9 Å². The second-order valence-corrected chi connectivity index (χ2v) is 7.30. The maximum absolute atomic E-state index is 4.34. The first-order chi connectivity index (χ1) is 10.2. The van der Waals surface area contributed by atoms with Crippen LogP contribution < -0.4 is 0 Å². The van der Waals surface area contributed by atoms with Crippen LogP contribution in [0.1, 0.15) is 48.3 Å². The number of hydrogen-bond acceptors (Lipinski definition) is 2. The highest BCUT2D eigenvalue weighted by atomic mass is 32.1. The van der Waals surface area contributed by atoms with Gasteiger partial charge in [0.15, 0.2) is 0 Å². The molecule has 0 amide bonds. The first-order valence-electron chi connectivity index (χ1n) is 7.96. The average molecular weight is 295 g/mol. The predicted molar refractivity (Wildman–Crippen MR) is 89.0 cm³/mol. The van der Waals surface area contributed by atoms with E-state index in [1.165, 1.54) is 44.1 Å². The SMILES string of the molecule is Sc1ccc(C2CCC3(CC2)Cc2ccccc2C3)cn1. The van der Waals surface area contributed by atoms with Gasteiger partial charge in [0.25, 0.3) is 0 Å². The van der Waals surface area contributed by atoms with E-state index >= 15 is 0 Å². The quantitative estimate of drug-likeness (QED) is 0.745. The van der Waals surface area contributed by atoms with Gasteiger partial charge in [0.1, 0.15) is 0 Å². The molecule has 4 rings (SSSR count). The Morgan fingerprint density at radius 1 is 0.952 bits per heavy atom. The van der Waals surface area contributed by atoms with Gasteiger partial charge in [-0.3, -0.25) is 0 Å². The summed E-state index contributed by atoms with van der Waals surface area (Å²) >= 11 is 4.28. The van der Waals surface area contributed by atoms with Crippen LogP contribution >= 0.6 is 12.6 Å². The van der Waals surface area contributed by atoms with Crippen molar-refractivity contribution in [3.05, 3.63) is 59.3 Å². The van der Waals surface area contributed by atoms with Gasteiger partial charge in [-0.05, 0) is 72.6 Å². The molecule has 2 aliphatic carbocycles. The number of hydrogen-bond donors (Lipinski definition) is 1. The summed E-state index contributed by atoms with van der Waals surface area (Å²) in [6.45, 7) is 0. The van der Waals surface area contributed by atoms with Gasteiger partial charge in [0, 0.05) is 6.20 Å². The molecule has 1 spiro atoms. The van der Waals surface area contributed by atoms with Crippen LogP contribution in [0.15, 0.2) is 47.6 Å². The highest BCUT2D eigenvalue weighted by molar-refractivity contribution is 7.80. The number of pyridine rings is 1. The van der Waals surface area contributed by atoms with Crippen molar-refractivity contribution < 1.29 is 0 Å². The van der Waals surface area contributed by atoms with Crippen molar-refractivity contribution in [2.24, 2.45) is 5.41 Å². The Bertz CT molecular complexity index is 612. The van der Waals surface area contributed by atoms with E-state index in [1.54, 1.807) is 11.1 Å². The molecule has 108 valence electrons. The topological polar surface area (TPSA) is 12.9 Å². The van der Waals surface area contributed by atoms with Crippen LogP contribution in [-0.4, -0.2) is 4.98 Å². The number of benzene rings is 1. The second-order valence-electron chi connectivity index (χ2n) is 6.85. The fourth-order valence-corrected chi connectivity index (χ4v) is 4.46. The van der Waals surface area contributed by atoms with Gasteiger partial charge >= 0.3 is 0 Å². The summed E-state index contributed by atoms with van der Waals surface area (Å²) in [7, 11) is 0. The lowest BCUT2D eigenvalue weighted by molar-refractivity contribution is 0.186. The highest BCUT2D eigenvalue weighted by Crippen LogP contribution is 2.50. The molecule has 0 saturated heterocycles. The molecule has 1 nitrogen and oxygen atoms in total. The molecular formula is C19H21NS. The van der Waals surface area contributed by atoms with E-state index in [0.717, 1.165) is 5.03 Å². The smallest absolute Gasteiger partial charge is 0.0929 e. The monoisotopic (exact) mass is 295 g/mol. The Morgan fingerprint density at radius 2 is 1.62 bits per heavy atom. The van der Waals surface area contributed by atoms with Crippen LogP contribution in [0.3, 0.4) is 0 Å². The lowest BCUT2D eigenvalue weighted by Crippen LogP contribution is -2.27. The van der Waals surface area contributed by atoms with Crippen molar-refractivity contribution in [3.8, 4) is 0 Å². The Balaban J connectivity index is 1.47. The maximum atomic E-state index is 4.34. The molecule has 0 aliphatic heterocycles. The van der Waals surface area contributed by atoms with E-state index < -0.39 is 0 Å². The summed E-state index contributed by atoms with van der Waals surface area (Å²) in [5.41, 5.74) is 5.14. The number of nitrogens with zero attached hydrogens (tertiary/aromatic N) is 1. The van der Waals surface area contributed by atoms with Crippen LogP contribution in [-0.2, 0) is 12.8 Å². The summed E-state index contributed by atoms with van der Waals surface area (Å²) in [6, 6.07) is 13.3. The van der Waals surface area contributed by atoms with Crippen molar-refractivity contribution in [1.29, 1.82) is 0 Å². The Morgan fingerprint density at radius 3 is 2.19 bits per heavy atom. The third-order valence-corrected chi connectivity index (χ3v) is 5.80. The van der Waals surface area contributed by atoms with E-state index in [9.17, 15) is 0 Å². The van der Waals surface area contributed by atoms with Gasteiger partial charge in [-0.2, -0.15) is 0 Å². The Labute approximate surface area is 132 Å². The first kappa shape index (κ1) is 13.4. The Kier molecular flexibility index (Phi) is 3.30. The van der Waals surface area contributed by atoms with Crippen molar-refractivity contribution in [1.82, 2.24) is 4.98 Å². The number of thiol groups is 1. The molecule has 0 N–H and O–H groups in total. The maximum Gasteiger partial charge on any atom is 0.0929 e. The van der Waals surface area contributed by atoms with Crippen LogP contribution in [0.4, 0.5) is 0 Å². The van der Waals surface area contributed by atoms with E-state index in [4.69, 9.17) is 0 Å². The molecule has 0 radical (unpaired) electrons. The largest absolute Gasteiger partial charge is 0.250 e. The van der Waals surface area contributed by atoms with Crippen LogP contribution in [0.5, 0.6) is 0 Å². The normalized spacial score (nSPS) is 20.6. The molecule has 1 aromatic heterocycles. The fourth-order valence-electron chi connectivity index (χ4n) is 4.33. The molecule has 2 aliphatic rings. The van der Waals surface area contributed by atoms with Gasteiger partial charge in [0.2, 0.25) is 0 Å². The van der Waals surface area contributed by atoms with E-state index in [1.807, 2.05) is 12.3 Å². The van der Waals surface area contributed by atoms with Crippen LogP contribution in [0.2, 0.25) is 0 Å². The molecule has 1 saturated carbocycles. The van der Waals surface area contributed by atoms with Gasteiger partial charge in [-0.15, -0.1) is 12.6 Å². The van der Waals surface area contributed by atoms with Crippen molar-refractivity contribution in [2.75, 3.05) is 0 Å². The molecule has 2 heteroatoms. The zero-order chi connectivity index (χ0) is 14.3. The van der Waals surface area contributed by atoms with Gasteiger partial charge < -0.3 is 0 Å². The number of fused-ring (bicyclic) bond motifs is 1. The molecule has 21 heavy (non-hydrogen) atoms. The molecular weight excluding hydrogens is 274 g/mol. The summed E-state index contributed by atoms with van der Waals surface area (Å²) < 4.78 is 0. The van der Waals surface area contributed by atoms with Gasteiger partial charge in [0.05, 0.1) is 5.03 Å². The summed E-state index contributed by atoms with van der Waals surface area (Å²) in [4.78, 5) is 4.34. The molecule has 0 atom stereocenters. The minimum atomic E-state index is 0.553. The minimum absolute atomic E-state index is 0.553. The van der Waals surface area contributed by atoms with Crippen molar-refractivity contribution >= 4 is 12.6 Å². The van der Waals surface area contributed by atoms with E-state index in [0.29, 0.717) is 11.3 Å². The zero-order valence-electron chi connectivity index (χ0n) is 12.3. The molecule has 1 heterocycles. The van der Waals surface area contributed by atoms with Gasteiger partial charge in [-0.25, -0.2) is 4.98 Å². The minimum Gasteiger partial charge on any atom is -0.250 e. The van der Waals surface area contributed by atoms with Crippen molar-refractivity contribution in [3.63, 3.8) is 0 Å². The zero-order valence-corrected chi connectivity index (χ0v) is 13.2. The third kappa shape index (κ3) is 2.50. The molecule has 1 aromatic carbocycles. The fraction of sp³-hybridized carbons (Fsp3) is 0.421. The lowest BCUT2D eigenvalue weighted by Gasteiger charge is -2.37. The summed E-state index contributed by atoms with van der Waals surface area (Å²) in [5, 5.41) is 0.817. The molecule has 2 aromatic rings. The third-order valence-electron chi connectivity index (χ3n) is 5.54. The number of rotatable bonds is 1.